The first-order chi connectivity index (χ1) is 61.5. The van der Waals surface area contributed by atoms with E-state index in [4.69, 9.17) is 39.3 Å². The van der Waals surface area contributed by atoms with Crippen LogP contribution in [0.3, 0.4) is 0 Å². The first-order valence-electron chi connectivity index (χ1n) is 45.4. The number of aryl methyl sites for hydroxylation is 1. The van der Waals surface area contributed by atoms with Gasteiger partial charge in [-0.25, -0.2) is 49.2 Å². The molecule has 5 aliphatic heterocycles. The van der Waals surface area contributed by atoms with Gasteiger partial charge < -0.3 is 79.8 Å². The number of piperidine rings is 1. The van der Waals surface area contributed by atoms with Crippen LogP contribution in [0, 0.1) is 23.7 Å². The van der Waals surface area contributed by atoms with E-state index in [-0.39, 0.29) is 130 Å². The molecule has 2 bridgehead atoms. The third-order valence-corrected chi connectivity index (χ3v) is 25.0. The first kappa shape index (κ1) is 95.3. The smallest absolute Gasteiger partial charge is 0.407 e. The number of fused-ring (bicyclic) bond motifs is 5. The van der Waals surface area contributed by atoms with E-state index in [1.165, 1.54) is 11.2 Å². The molecule has 0 radical (unpaired) electrons. The summed E-state index contributed by atoms with van der Waals surface area (Å²) in [7, 11) is 1.63. The lowest BCUT2D eigenvalue weighted by atomic mass is 9.83. The van der Waals surface area contributed by atoms with E-state index in [2.05, 4.69) is 65.6 Å². The number of methoxy groups -OCH3 is 1. The van der Waals surface area contributed by atoms with Crippen LogP contribution < -0.4 is 31.5 Å². The number of aromatic amines is 1. The largest absolute Gasteiger partial charge is 0.460 e. The van der Waals surface area contributed by atoms with Crippen LogP contribution in [0.2, 0.25) is 0 Å². The summed E-state index contributed by atoms with van der Waals surface area (Å²) >= 11 is 0. The number of pyridine rings is 1. The Bertz CT molecular complexity index is 4800. The van der Waals surface area contributed by atoms with Gasteiger partial charge in [-0.3, -0.25) is 38.5 Å². The number of hydrogen-bond donors (Lipinski definition) is 6. The number of nitrogens with one attached hydrogen (secondary N) is 4. The topological polar surface area (TPSA) is 431 Å². The fourth-order valence-corrected chi connectivity index (χ4v) is 17.3. The predicted molar refractivity (Wildman–Crippen MR) is 475 cm³/mol. The minimum absolute atomic E-state index is 0.0314. The van der Waals surface area contributed by atoms with Crippen molar-refractivity contribution in [3.05, 3.63) is 114 Å². The van der Waals surface area contributed by atoms with Gasteiger partial charge in [0.15, 0.2) is 5.65 Å². The number of ketones is 3. The molecular formula is C92H127N19O16. The molecule has 4 saturated heterocycles. The second-order valence-corrected chi connectivity index (χ2v) is 34.5. The molecule has 5 amide bonds. The van der Waals surface area contributed by atoms with Crippen molar-refractivity contribution in [3.8, 4) is 11.3 Å². The fourth-order valence-electron chi connectivity index (χ4n) is 17.3. The zero-order chi connectivity index (χ0) is 89.7. The number of H-pyrrole nitrogens is 1. The summed E-state index contributed by atoms with van der Waals surface area (Å²) in [5.74, 6) is -2.23. The fraction of sp³-hybridized carbons (Fsp3) is 0.598. The Kier molecular flexibility index (Phi) is 35.9. The number of anilines is 3. The lowest BCUT2D eigenvalue weighted by Crippen LogP contribution is -2.54. The van der Waals surface area contributed by atoms with E-state index in [1.807, 2.05) is 84.0 Å². The number of ether oxygens (including phenoxy) is 6. The molecule has 1 saturated carbocycles. The van der Waals surface area contributed by atoms with Gasteiger partial charge in [-0.2, -0.15) is 5.10 Å². The molecule has 0 aromatic carbocycles. The molecule has 1 aliphatic carbocycles. The van der Waals surface area contributed by atoms with Crippen LogP contribution >= 0.6 is 0 Å². The molecule has 686 valence electrons. The van der Waals surface area contributed by atoms with Crippen molar-refractivity contribution in [1.82, 2.24) is 80.3 Å². The zero-order valence-corrected chi connectivity index (χ0v) is 74.3. The molecule has 6 aromatic heterocycles. The van der Waals surface area contributed by atoms with E-state index >= 15 is 0 Å². The maximum absolute atomic E-state index is 14.4. The van der Waals surface area contributed by atoms with Gasteiger partial charge >= 0.3 is 12.1 Å². The Morgan fingerprint density at radius 1 is 0.693 bits per heavy atom. The van der Waals surface area contributed by atoms with E-state index in [9.17, 15) is 48.3 Å². The summed E-state index contributed by atoms with van der Waals surface area (Å²) in [5, 5.41) is 26.3. The molecular weight excluding hydrogens is 1630 g/mol. The van der Waals surface area contributed by atoms with Crippen LogP contribution in [0.15, 0.2) is 103 Å². The third kappa shape index (κ3) is 27.8. The lowest BCUT2D eigenvalue weighted by molar-refractivity contribution is -0.167. The number of nitrogens with zero attached hydrogens (tertiary/aromatic N) is 14. The average molecular weight is 1760 g/mol. The number of alkyl carbamates (subject to hydrolysis) is 1. The first-order valence-corrected chi connectivity index (χ1v) is 45.4. The number of allylic oxidation sites excluding steroid dienone is 6. The average Bonchev–Trinajstić information content (AvgIpc) is 1.63. The second kappa shape index (κ2) is 47.8. The van der Waals surface area contributed by atoms with Gasteiger partial charge in [-0.05, 0) is 145 Å². The molecule has 6 aromatic rings. The molecule has 35 heteroatoms. The van der Waals surface area contributed by atoms with Crippen molar-refractivity contribution >= 4 is 92.8 Å². The zero-order valence-electron chi connectivity index (χ0n) is 74.3. The van der Waals surface area contributed by atoms with Crippen molar-refractivity contribution in [2.24, 2.45) is 23.7 Å². The number of aromatic nitrogens is 10. The van der Waals surface area contributed by atoms with Crippen LogP contribution in [0.4, 0.5) is 22.5 Å². The van der Waals surface area contributed by atoms with Gasteiger partial charge in [0.25, 0.3) is 11.8 Å². The Morgan fingerprint density at radius 2 is 1.43 bits per heavy atom. The highest BCUT2D eigenvalue weighted by atomic mass is 16.6. The summed E-state index contributed by atoms with van der Waals surface area (Å²) in [4.78, 5) is 166. The quantitative estimate of drug-likeness (QED) is 0.0116. The molecule has 6 aliphatic rings. The summed E-state index contributed by atoms with van der Waals surface area (Å²) in [6, 6.07) is 2.92. The molecule has 127 heavy (non-hydrogen) atoms. The maximum atomic E-state index is 14.4. The number of esters is 1. The number of nitrogen functional groups attached to an aromatic ring is 1. The molecule has 35 nitrogen and oxygen atoms in total. The number of unbranched alkanes of at least 4 members (excludes halogenated alkanes) is 1. The minimum atomic E-state index is -1.10. The number of hydrogen-bond acceptors (Lipinski definition) is 28. The van der Waals surface area contributed by atoms with Crippen LogP contribution in [0.1, 0.15) is 179 Å². The normalized spacial score (nSPS) is 24.7. The number of carbonyl (C=O) groups is 9. The molecule has 5 fully saturated rings. The van der Waals surface area contributed by atoms with Crippen LogP contribution in [0.25, 0.3) is 33.3 Å². The molecule has 0 spiro atoms. The van der Waals surface area contributed by atoms with Gasteiger partial charge in [0, 0.05) is 190 Å². The third-order valence-electron chi connectivity index (χ3n) is 25.0. The number of carbonyl (C=O) groups excluding carboxylic acids is 9. The number of rotatable bonds is 28. The van der Waals surface area contributed by atoms with Crippen molar-refractivity contribution in [1.29, 1.82) is 0 Å². The molecule has 12 rings (SSSR count). The van der Waals surface area contributed by atoms with Crippen molar-refractivity contribution in [2.45, 2.75) is 219 Å². The predicted octanol–water partition coefficient (Wildman–Crippen LogP) is 8.51. The molecule has 9 atom stereocenters. The number of aliphatic hydroxyl groups is 1. The Labute approximate surface area is 742 Å². The number of amides is 5. The van der Waals surface area contributed by atoms with Gasteiger partial charge in [0.1, 0.15) is 59.4 Å². The minimum Gasteiger partial charge on any atom is -0.460 e. The summed E-state index contributed by atoms with van der Waals surface area (Å²) in [5.41, 5.74) is 11.8. The molecule has 7 N–H and O–H groups in total. The number of nitrogens with two attached hydrogens (primary N) is 1. The number of Topliss-reactive ketones (excluding diaryl/α,β-unsaturated/α-hetero) is 3. The molecule has 2 unspecified atom stereocenters. The number of aliphatic hydroxyl groups excluding tert-OH is 1. The SMILES string of the molecule is CO[C@H]1CC2CCCC(O2)C(=O)C(=O)N2CCCC[C@H]2C(=O)O[C@H](CCC2CCC(OC(=O)NCCOCCC(=O)NCc3cnc(N4CCN(C(=O)CCOCCN5CCN(c6ncc(C(=O)NCCCCn7nc(-c8cnc9[nH]ccc9c8)c8c(N)ncnc87)cn6)CC5)CC4)nc3)CC2)CC(=O)[C@H](C)/C=C(\C)[C@@H](O)CC(=O)[C@H](C)C[C@H](C)/C=C/C=CC=C1C. The highest BCUT2D eigenvalue weighted by Gasteiger charge is 2.42. The van der Waals surface area contributed by atoms with Crippen molar-refractivity contribution in [3.63, 3.8) is 0 Å². The Balaban J connectivity index is 0.489. The lowest BCUT2D eigenvalue weighted by Gasteiger charge is -2.36. The summed E-state index contributed by atoms with van der Waals surface area (Å²) in [6.07, 6.45) is 27.9. The van der Waals surface area contributed by atoms with Crippen LogP contribution in [0.5, 0.6) is 0 Å². The van der Waals surface area contributed by atoms with Crippen LogP contribution in [-0.4, -0.2) is 277 Å². The standard InChI is InChI=1S/C92H127N19O16/c1-60-15-8-7-9-16-61(2)78(122-6)51-71-17-14-19-77(125-71)83(117)88(119)110-32-12-10-18-73(110)89(120)126-72(50-74(112)63(4)48-64(5)76(114)52-75(113)62(3)47-60)25-22-65-20-23-70(24-21-65)127-92(121)96-31-45-123-43-27-79(115)97-53-66-54-99-90(100-55-66)109-40-38-107(39-41-109)80(116)28-44-124-46-42-106-34-36-108(37-35-106)91-101-57-69(58-102-91)87(118)95-29-11-13-33-111-86-81(84(93)103-59-104-86)82(105-111)68-49-67-26-30-94-85(67)98-56-68/h7-9,15-16,26,30,48-49,54-60,62-63,65,70-73,76-78,114H,10-14,17-25,27-29,31-47,50-53H2,1-6H3,(H,94,98)(H,95,118)(H,96,121)(H,97,115)(H2,93,103,104)/b9-7?,15-8+,61-16?,64-48+/t60-,62-,63-,65?,70?,71?,72-,73+,76+,77?,78+/m1/s1. The van der Waals surface area contributed by atoms with Gasteiger partial charge in [-0.15, -0.1) is 0 Å². The van der Waals surface area contributed by atoms with Crippen molar-refractivity contribution < 1.29 is 76.7 Å². The highest BCUT2D eigenvalue weighted by Crippen LogP contribution is 2.35. The van der Waals surface area contributed by atoms with Gasteiger partial charge in [0.05, 0.1) is 62.1 Å². The van der Waals surface area contributed by atoms with E-state index in [1.54, 1.807) is 58.0 Å². The highest BCUT2D eigenvalue weighted by molar-refractivity contribution is 6.38. The Hall–Kier alpha value is -10.9. The summed E-state index contributed by atoms with van der Waals surface area (Å²) in [6.45, 7) is 17.9. The number of cyclic esters (lactones) is 1. The van der Waals surface area contributed by atoms with Gasteiger partial charge in [0.2, 0.25) is 29.5 Å². The van der Waals surface area contributed by atoms with E-state index < -0.39 is 54.0 Å². The van der Waals surface area contributed by atoms with Gasteiger partial charge in [-0.1, -0.05) is 57.2 Å². The van der Waals surface area contributed by atoms with Crippen LogP contribution in [-0.2, 0) is 75.1 Å². The number of piperazine rings is 2. The van der Waals surface area contributed by atoms with E-state index in [0.29, 0.717) is 188 Å². The van der Waals surface area contributed by atoms with E-state index in [0.717, 1.165) is 66.9 Å². The monoisotopic (exact) mass is 1750 g/mol. The van der Waals surface area contributed by atoms with Crippen molar-refractivity contribution in [2.75, 3.05) is 128 Å². The maximum Gasteiger partial charge on any atom is 0.407 e. The summed E-state index contributed by atoms with van der Waals surface area (Å²) < 4.78 is 37.7. The Morgan fingerprint density at radius 3 is 2.20 bits per heavy atom. The molecule has 11 heterocycles. The second-order valence-electron chi connectivity index (χ2n) is 34.5.